The Bertz CT molecular complexity index is 680. The van der Waals surface area contributed by atoms with Crippen LogP contribution in [-0.4, -0.2) is 32.3 Å². The average molecular weight is 319 g/mol. The van der Waals surface area contributed by atoms with Crippen LogP contribution in [0.15, 0.2) is 23.1 Å². The lowest BCUT2D eigenvalue weighted by atomic mass is 9.97. The molecule has 2 heterocycles. The lowest BCUT2D eigenvalue weighted by Crippen LogP contribution is -2.22. The molecule has 0 unspecified atom stereocenters. The molecule has 0 spiro atoms. The highest BCUT2D eigenvalue weighted by Gasteiger charge is 2.06. The van der Waals surface area contributed by atoms with Gasteiger partial charge in [-0.05, 0) is 25.3 Å². The van der Waals surface area contributed by atoms with E-state index in [0.717, 1.165) is 5.39 Å². The van der Waals surface area contributed by atoms with Gasteiger partial charge in [-0.2, -0.15) is 4.98 Å². The first-order valence-electron chi connectivity index (χ1n) is 8.10. The summed E-state index contributed by atoms with van der Waals surface area (Å²) < 4.78 is 1.49. The van der Waals surface area contributed by atoms with E-state index >= 15 is 0 Å². The van der Waals surface area contributed by atoms with Crippen LogP contribution >= 0.6 is 0 Å². The molecule has 1 aliphatic carbocycles. The summed E-state index contributed by atoms with van der Waals surface area (Å²) >= 11 is 0. The largest absolute Gasteiger partial charge is 0.396 e. The van der Waals surface area contributed by atoms with Gasteiger partial charge in [0, 0.05) is 36.8 Å². The first-order chi connectivity index (χ1) is 11.1. The Morgan fingerprint density at radius 2 is 2.00 bits per heavy atom. The quantitative estimate of drug-likeness (QED) is 0.777. The number of hydrogen-bond donors (Lipinski definition) is 3. The van der Waals surface area contributed by atoms with E-state index in [-0.39, 0.29) is 18.1 Å². The molecule has 1 aliphatic rings. The van der Waals surface area contributed by atoms with Gasteiger partial charge >= 0.3 is 0 Å². The van der Waals surface area contributed by atoms with Crippen molar-refractivity contribution in [1.29, 1.82) is 0 Å². The molecule has 126 valence electrons. The van der Waals surface area contributed by atoms with E-state index in [1.165, 1.54) is 42.7 Å². The fourth-order valence-corrected chi connectivity index (χ4v) is 2.66. The number of rotatable bonds is 3. The zero-order valence-corrected chi connectivity index (χ0v) is 13.3. The van der Waals surface area contributed by atoms with Gasteiger partial charge in [0.15, 0.2) is 0 Å². The molecule has 2 aromatic heterocycles. The molecule has 0 bridgehead atoms. The van der Waals surface area contributed by atoms with Crippen LogP contribution in [0.1, 0.15) is 38.5 Å². The molecule has 0 saturated heterocycles. The Balaban J connectivity index is 0.000000229. The Morgan fingerprint density at radius 3 is 2.61 bits per heavy atom. The highest BCUT2D eigenvalue weighted by atomic mass is 16.3. The van der Waals surface area contributed by atoms with Gasteiger partial charge in [-0.3, -0.25) is 9.36 Å². The van der Waals surface area contributed by atoms with Crippen molar-refractivity contribution in [2.24, 2.45) is 5.73 Å². The SMILES string of the molecule is NC1CCCCC1.Nc1ncc2ccc(=O)n(CCCO)c2n1. The lowest BCUT2D eigenvalue weighted by molar-refractivity contribution is 0.280. The maximum absolute atomic E-state index is 11.6. The first-order valence-corrected chi connectivity index (χ1v) is 8.10. The summed E-state index contributed by atoms with van der Waals surface area (Å²) in [6.07, 6.45) is 8.74. The molecule has 0 atom stereocenters. The first kappa shape index (κ1) is 17.4. The topological polar surface area (TPSA) is 120 Å². The Hall–Kier alpha value is -1.99. The van der Waals surface area contributed by atoms with Crippen molar-refractivity contribution in [3.8, 4) is 0 Å². The van der Waals surface area contributed by atoms with Gasteiger partial charge in [-0.1, -0.05) is 19.3 Å². The van der Waals surface area contributed by atoms with Crippen LogP contribution in [0.4, 0.5) is 5.95 Å². The molecular formula is C16H25N5O2. The molecular weight excluding hydrogens is 294 g/mol. The van der Waals surface area contributed by atoms with E-state index in [1.807, 2.05) is 0 Å². The zero-order valence-electron chi connectivity index (χ0n) is 13.3. The molecule has 1 fully saturated rings. The summed E-state index contributed by atoms with van der Waals surface area (Å²) in [6.45, 7) is 0.451. The zero-order chi connectivity index (χ0) is 16.7. The Morgan fingerprint density at radius 1 is 1.26 bits per heavy atom. The summed E-state index contributed by atoms with van der Waals surface area (Å²) in [5.74, 6) is 0.135. The molecule has 0 aliphatic heterocycles. The van der Waals surface area contributed by atoms with E-state index in [9.17, 15) is 4.79 Å². The number of aryl methyl sites for hydroxylation is 1. The molecule has 0 amide bonds. The fraction of sp³-hybridized carbons (Fsp3) is 0.562. The third-order valence-electron chi connectivity index (χ3n) is 3.93. The molecule has 2 aromatic rings. The van der Waals surface area contributed by atoms with Crippen molar-refractivity contribution in [3.05, 3.63) is 28.7 Å². The standard InChI is InChI=1S/C10H12N4O2.C6H13N/c11-10-12-6-7-2-3-8(16)14(4-1-5-15)9(7)13-10;7-6-4-2-1-3-5-6/h2-3,6,15H,1,4-5H2,(H2,11,12,13);6H,1-5,7H2. The highest BCUT2D eigenvalue weighted by molar-refractivity contribution is 5.74. The second-order valence-electron chi connectivity index (χ2n) is 5.81. The number of hydrogen-bond acceptors (Lipinski definition) is 6. The van der Waals surface area contributed by atoms with Gasteiger partial charge in [0.2, 0.25) is 5.95 Å². The van der Waals surface area contributed by atoms with Crippen molar-refractivity contribution < 1.29 is 5.11 Å². The van der Waals surface area contributed by atoms with Crippen molar-refractivity contribution in [2.75, 3.05) is 12.3 Å². The maximum atomic E-state index is 11.6. The predicted octanol–water partition coefficient (Wildman–Crippen LogP) is 1.03. The van der Waals surface area contributed by atoms with Gasteiger partial charge < -0.3 is 16.6 Å². The van der Waals surface area contributed by atoms with E-state index < -0.39 is 0 Å². The maximum Gasteiger partial charge on any atom is 0.252 e. The average Bonchev–Trinajstić information content (AvgIpc) is 2.55. The number of aromatic nitrogens is 3. The number of nitrogens with zero attached hydrogens (tertiary/aromatic N) is 3. The molecule has 1 saturated carbocycles. The molecule has 7 heteroatoms. The van der Waals surface area contributed by atoms with Gasteiger partial charge in [0.05, 0.1) is 0 Å². The van der Waals surface area contributed by atoms with E-state index in [1.54, 1.807) is 12.3 Å². The van der Waals surface area contributed by atoms with Crippen LogP contribution in [0, 0.1) is 0 Å². The molecule has 23 heavy (non-hydrogen) atoms. The monoisotopic (exact) mass is 319 g/mol. The minimum absolute atomic E-state index is 0.0311. The number of aliphatic hydroxyl groups is 1. The van der Waals surface area contributed by atoms with Gasteiger partial charge in [0.1, 0.15) is 5.65 Å². The molecule has 3 rings (SSSR count). The van der Waals surface area contributed by atoms with Crippen molar-refractivity contribution in [3.63, 3.8) is 0 Å². The minimum Gasteiger partial charge on any atom is -0.396 e. The van der Waals surface area contributed by atoms with Crippen LogP contribution < -0.4 is 17.0 Å². The molecule has 5 N–H and O–H groups in total. The van der Waals surface area contributed by atoms with Gasteiger partial charge in [-0.15, -0.1) is 0 Å². The summed E-state index contributed by atoms with van der Waals surface area (Å²) in [5, 5.41) is 9.53. The smallest absolute Gasteiger partial charge is 0.252 e. The number of aliphatic hydroxyl groups excluding tert-OH is 1. The molecule has 0 aromatic carbocycles. The number of nitrogens with two attached hydrogens (primary N) is 2. The van der Waals surface area contributed by atoms with Crippen LogP contribution in [0.3, 0.4) is 0 Å². The normalized spacial score (nSPS) is 15.2. The van der Waals surface area contributed by atoms with E-state index in [4.69, 9.17) is 16.6 Å². The van der Waals surface area contributed by atoms with Crippen LogP contribution in [0.25, 0.3) is 11.0 Å². The highest BCUT2D eigenvalue weighted by Crippen LogP contribution is 2.14. The van der Waals surface area contributed by atoms with Gasteiger partial charge in [0.25, 0.3) is 5.56 Å². The van der Waals surface area contributed by atoms with E-state index in [0.29, 0.717) is 24.7 Å². The number of nitrogen functional groups attached to an aromatic ring is 1. The van der Waals surface area contributed by atoms with Crippen molar-refractivity contribution >= 4 is 17.0 Å². The van der Waals surface area contributed by atoms with Crippen LogP contribution in [-0.2, 0) is 6.54 Å². The summed E-state index contributed by atoms with van der Waals surface area (Å²) in [5.41, 5.74) is 11.5. The van der Waals surface area contributed by atoms with Crippen LogP contribution in [0.2, 0.25) is 0 Å². The fourth-order valence-electron chi connectivity index (χ4n) is 2.66. The lowest BCUT2D eigenvalue weighted by Gasteiger charge is -2.15. The Kier molecular flexibility index (Phi) is 6.49. The third kappa shape index (κ3) is 5.01. The summed E-state index contributed by atoms with van der Waals surface area (Å²) in [4.78, 5) is 19.5. The predicted molar refractivity (Wildman–Crippen MR) is 91.0 cm³/mol. The second-order valence-corrected chi connectivity index (χ2v) is 5.81. The summed E-state index contributed by atoms with van der Waals surface area (Å²) in [7, 11) is 0. The van der Waals surface area contributed by atoms with Crippen molar-refractivity contribution in [1.82, 2.24) is 14.5 Å². The summed E-state index contributed by atoms with van der Waals surface area (Å²) in [6, 6.07) is 3.65. The number of pyridine rings is 1. The molecule has 0 radical (unpaired) electrons. The Labute approximate surface area is 135 Å². The van der Waals surface area contributed by atoms with Crippen LogP contribution in [0.5, 0.6) is 0 Å². The van der Waals surface area contributed by atoms with E-state index in [2.05, 4.69) is 9.97 Å². The minimum atomic E-state index is -0.154. The number of fused-ring (bicyclic) bond motifs is 1. The van der Waals surface area contributed by atoms with Crippen molar-refractivity contribution in [2.45, 2.75) is 51.1 Å². The second kappa shape index (κ2) is 8.59. The third-order valence-corrected chi connectivity index (χ3v) is 3.93. The van der Waals surface area contributed by atoms with Gasteiger partial charge in [-0.25, -0.2) is 4.98 Å². The number of anilines is 1. The molecule has 7 nitrogen and oxygen atoms in total.